The van der Waals surface area contributed by atoms with Crippen LogP contribution < -0.4 is 10.2 Å². The molecule has 1 unspecified atom stereocenters. The second kappa shape index (κ2) is 4.49. The molecule has 2 heterocycles. The molecule has 0 saturated carbocycles. The molecule has 1 saturated heterocycles. The lowest BCUT2D eigenvalue weighted by atomic mass is 10.1. The minimum absolute atomic E-state index is 0.0172. The van der Waals surface area contributed by atoms with E-state index in [1.807, 2.05) is 11.0 Å². The molecule has 2 aliphatic heterocycles. The summed E-state index contributed by atoms with van der Waals surface area (Å²) in [5.74, 6) is -0.191. The second-order valence-electron chi connectivity index (χ2n) is 5.03. The molecule has 0 aliphatic carbocycles. The highest BCUT2D eigenvalue weighted by atomic mass is 32.2. The van der Waals surface area contributed by atoms with Gasteiger partial charge in [-0.05, 0) is 12.1 Å². The minimum Gasteiger partial charge on any atom is -0.364 e. The number of benzene rings is 1. The molecule has 1 aromatic rings. The molecule has 1 aromatic carbocycles. The Morgan fingerprint density at radius 1 is 1.40 bits per heavy atom. The maximum absolute atomic E-state index is 11.9. The molecule has 0 spiro atoms. The second-order valence-corrected chi connectivity index (χ2v) is 7.25. The number of hydrogen-bond donors (Lipinski definition) is 1. The van der Waals surface area contributed by atoms with Gasteiger partial charge in [0, 0.05) is 13.0 Å². The molecule has 0 bridgehead atoms. The first-order chi connectivity index (χ1) is 9.50. The van der Waals surface area contributed by atoms with Crippen LogP contribution in [0.15, 0.2) is 18.2 Å². The van der Waals surface area contributed by atoms with Crippen LogP contribution in [0.1, 0.15) is 12.0 Å². The number of rotatable bonds is 0. The van der Waals surface area contributed by atoms with Crippen molar-refractivity contribution < 1.29 is 13.2 Å². The fraction of sp³-hybridized carbons (Fsp3) is 0.385. The Morgan fingerprint density at radius 2 is 2.20 bits per heavy atom. The fourth-order valence-electron chi connectivity index (χ4n) is 2.78. The molecular formula is C13H13N3O3S. The number of hydrogen-bond acceptors (Lipinski definition) is 5. The number of anilines is 2. The third-order valence-electron chi connectivity index (χ3n) is 3.69. The third kappa shape index (κ3) is 2.12. The molecule has 1 fully saturated rings. The smallest absolute Gasteiger partial charge is 0.226 e. The molecule has 6 nitrogen and oxygen atoms in total. The molecule has 1 atom stereocenters. The lowest BCUT2D eigenvalue weighted by Crippen LogP contribution is -2.48. The van der Waals surface area contributed by atoms with Gasteiger partial charge in [0.15, 0.2) is 9.84 Å². The molecule has 3 rings (SSSR count). The van der Waals surface area contributed by atoms with Gasteiger partial charge >= 0.3 is 0 Å². The first-order valence-corrected chi connectivity index (χ1v) is 8.12. The first-order valence-electron chi connectivity index (χ1n) is 6.30. The van der Waals surface area contributed by atoms with Gasteiger partial charge in [-0.1, -0.05) is 6.07 Å². The van der Waals surface area contributed by atoms with Crippen molar-refractivity contribution >= 4 is 27.1 Å². The topological polar surface area (TPSA) is 90.3 Å². The zero-order valence-corrected chi connectivity index (χ0v) is 11.5. The SMILES string of the molecule is N#Cc1cccc2c1NC(=O)CC1CS(=O)(=O)CCN21. The van der Waals surface area contributed by atoms with Crippen LogP contribution in [0.5, 0.6) is 0 Å². The zero-order valence-electron chi connectivity index (χ0n) is 10.7. The fourth-order valence-corrected chi connectivity index (χ4v) is 4.31. The molecule has 20 heavy (non-hydrogen) atoms. The van der Waals surface area contributed by atoms with E-state index in [0.717, 1.165) is 5.69 Å². The summed E-state index contributed by atoms with van der Waals surface area (Å²) in [6.07, 6.45) is 0.124. The number of nitrogens with zero attached hydrogens (tertiary/aromatic N) is 2. The van der Waals surface area contributed by atoms with Crippen LogP contribution in [0, 0.1) is 11.3 Å². The summed E-state index contributed by atoms with van der Waals surface area (Å²) in [5, 5.41) is 11.9. The number of para-hydroxylation sites is 1. The van der Waals surface area contributed by atoms with E-state index in [1.165, 1.54) is 0 Å². The van der Waals surface area contributed by atoms with Gasteiger partial charge in [-0.3, -0.25) is 4.79 Å². The normalized spacial score (nSPS) is 23.9. The van der Waals surface area contributed by atoms with Crippen LogP contribution in [-0.2, 0) is 14.6 Å². The molecule has 1 amide bonds. The van der Waals surface area contributed by atoms with Crippen molar-refractivity contribution in [2.24, 2.45) is 0 Å². The molecule has 7 heteroatoms. The lowest BCUT2D eigenvalue weighted by molar-refractivity contribution is -0.116. The Morgan fingerprint density at radius 3 is 2.95 bits per heavy atom. The van der Waals surface area contributed by atoms with Crippen molar-refractivity contribution in [2.75, 3.05) is 28.3 Å². The van der Waals surface area contributed by atoms with Crippen molar-refractivity contribution in [3.05, 3.63) is 23.8 Å². The summed E-state index contributed by atoms with van der Waals surface area (Å²) in [6, 6.07) is 6.89. The predicted molar refractivity (Wildman–Crippen MR) is 74.2 cm³/mol. The van der Waals surface area contributed by atoms with Crippen molar-refractivity contribution in [3.8, 4) is 6.07 Å². The van der Waals surface area contributed by atoms with E-state index >= 15 is 0 Å². The summed E-state index contributed by atoms with van der Waals surface area (Å²) in [5.41, 5.74) is 1.61. The predicted octanol–water partition coefficient (Wildman–Crippen LogP) is 0.504. The highest BCUT2D eigenvalue weighted by Gasteiger charge is 2.36. The Balaban J connectivity index is 2.12. The van der Waals surface area contributed by atoms with Crippen molar-refractivity contribution in [3.63, 3.8) is 0 Å². The highest BCUT2D eigenvalue weighted by Crippen LogP contribution is 2.35. The molecular weight excluding hydrogens is 278 g/mol. The van der Waals surface area contributed by atoms with E-state index in [-0.39, 0.29) is 29.9 Å². The summed E-state index contributed by atoms with van der Waals surface area (Å²) >= 11 is 0. The van der Waals surface area contributed by atoms with Crippen LogP contribution in [0.4, 0.5) is 11.4 Å². The Hall–Kier alpha value is -2.07. The van der Waals surface area contributed by atoms with E-state index < -0.39 is 9.84 Å². The van der Waals surface area contributed by atoms with Gasteiger partial charge in [0.25, 0.3) is 0 Å². The number of nitrogens with one attached hydrogen (secondary N) is 1. The minimum atomic E-state index is -3.10. The van der Waals surface area contributed by atoms with Crippen LogP contribution in [0.2, 0.25) is 0 Å². The molecule has 1 N–H and O–H groups in total. The van der Waals surface area contributed by atoms with Gasteiger partial charge in [0.1, 0.15) is 6.07 Å². The maximum atomic E-state index is 11.9. The highest BCUT2D eigenvalue weighted by molar-refractivity contribution is 7.91. The summed E-state index contributed by atoms with van der Waals surface area (Å²) in [7, 11) is -3.10. The largest absolute Gasteiger partial charge is 0.364 e. The number of fused-ring (bicyclic) bond motifs is 3. The first kappa shape index (κ1) is 12.9. The Labute approximate surface area is 116 Å². The monoisotopic (exact) mass is 291 g/mol. The third-order valence-corrected chi connectivity index (χ3v) is 5.39. The number of amides is 1. The van der Waals surface area contributed by atoms with Gasteiger partial charge in [0.05, 0.1) is 34.5 Å². The Bertz CT molecular complexity index is 721. The van der Waals surface area contributed by atoms with Crippen LogP contribution >= 0.6 is 0 Å². The molecule has 0 aromatic heterocycles. The van der Waals surface area contributed by atoms with Crippen molar-refractivity contribution in [1.82, 2.24) is 0 Å². The summed E-state index contributed by atoms with van der Waals surface area (Å²) < 4.78 is 23.5. The molecule has 2 aliphatic rings. The summed E-state index contributed by atoms with van der Waals surface area (Å²) in [4.78, 5) is 13.9. The van der Waals surface area contributed by atoms with E-state index in [0.29, 0.717) is 17.8 Å². The van der Waals surface area contributed by atoms with Gasteiger partial charge in [-0.15, -0.1) is 0 Å². The zero-order chi connectivity index (χ0) is 14.3. The van der Waals surface area contributed by atoms with Gasteiger partial charge in [0.2, 0.25) is 5.91 Å². The lowest BCUT2D eigenvalue weighted by Gasteiger charge is -2.35. The summed E-state index contributed by atoms with van der Waals surface area (Å²) in [6.45, 7) is 0.351. The van der Waals surface area contributed by atoms with E-state index in [4.69, 9.17) is 5.26 Å². The average molecular weight is 291 g/mol. The Kier molecular flexibility index (Phi) is 2.91. The van der Waals surface area contributed by atoms with E-state index in [1.54, 1.807) is 12.1 Å². The van der Waals surface area contributed by atoms with Crippen LogP contribution in [0.25, 0.3) is 0 Å². The number of carbonyl (C=O) groups excluding carboxylic acids is 1. The number of sulfone groups is 1. The molecule has 104 valence electrons. The average Bonchev–Trinajstić information content (AvgIpc) is 2.51. The number of nitriles is 1. The number of carbonyl (C=O) groups is 1. The van der Waals surface area contributed by atoms with Gasteiger partial charge in [-0.2, -0.15) is 5.26 Å². The van der Waals surface area contributed by atoms with E-state index in [9.17, 15) is 13.2 Å². The van der Waals surface area contributed by atoms with Crippen LogP contribution in [0.3, 0.4) is 0 Å². The van der Waals surface area contributed by atoms with Crippen LogP contribution in [-0.4, -0.2) is 38.4 Å². The van der Waals surface area contributed by atoms with Gasteiger partial charge < -0.3 is 10.2 Å². The molecule has 0 radical (unpaired) electrons. The van der Waals surface area contributed by atoms with Gasteiger partial charge in [-0.25, -0.2) is 8.42 Å². The van der Waals surface area contributed by atoms with E-state index in [2.05, 4.69) is 11.4 Å². The standard InChI is InChI=1S/C13H13N3O3S/c14-7-9-2-1-3-11-13(9)15-12(17)6-10-8-20(18,19)5-4-16(10)11/h1-3,10H,4-6,8H2,(H,15,17). The quantitative estimate of drug-likeness (QED) is 0.752. The van der Waals surface area contributed by atoms with Crippen molar-refractivity contribution in [1.29, 1.82) is 5.26 Å². The van der Waals surface area contributed by atoms with Crippen molar-refractivity contribution in [2.45, 2.75) is 12.5 Å². The maximum Gasteiger partial charge on any atom is 0.226 e.